The maximum atomic E-state index is 13.4. The Morgan fingerprint density at radius 1 is 1.20 bits per heavy atom. The van der Waals surface area contributed by atoms with Gasteiger partial charge in [0.05, 0.1) is 11.0 Å². The zero-order chi connectivity index (χ0) is 14.7. The molecule has 0 heterocycles. The molecule has 2 rings (SSSR count). The molecule has 0 atom stereocenters. The summed E-state index contributed by atoms with van der Waals surface area (Å²) >= 11 is 0. The Morgan fingerprint density at radius 3 is 2.60 bits per heavy atom. The van der Waals surface area contributed by atoms with Gasteiger partial charge in [-0.3, -0.25) is 10.1 Å². The molecule has 0 saturated carbocycles. The van der Waals surface area contributed by atoms with Gasteiger partial charge in [0.1, 0.15) is 11.6 Å². The van der Waals surface area contributed by atoms with Gasteiger partial charge >= 0.3 is 0 Å². The molecule has 0 bridgehead atoms. The molecule has 0 aliphatic rings. The van der Waals surface area contributed by atoms with E-state index in [9.17, 15) is 18.9 Å². The molecule has 0 aliphatic carbocycles. The molecule has 0 aliphatic heterocycles. The predicted molar refractivity (Wildman–Crippen MR) is 71.5 cm³/mol. The zero-order valence-electron chi connectivity index (χ0n) is 10.7. The Kier molecular flexibility index (Phi) is 3.93. The van der Waals surface area contributed by atoms with E-state index in [1.54, 1.807) is 19.1 Å². The number of aryl methyl sites for hydroxylation is 1. The first-order valence-corrected chi connectivity index (χ1v) is 5.89. The van der Waals surface area contributed by atoms with Crippen molar-refractivity contribution >= 4 is 11.4 Å². The van der Waals surface area contributed by atoms with Crippen molar-refractivity contribution in [3.05, 3.63) is 69.3 Å². The van der Waals surface area contributed by atoms with Crippen LogP contribution >= 0.6 is 0 Å². The van der Waals surface area contributed by atoms with Gasteiger partial charge in [0.25, 0.3) is 5.69 Å². The lowest BCUT2D eigenvalue weighted by Gasteiger charge is -2.07. The minimum absolute atomic E-state index is 0.248. The van der Waals surface area contributed by atoms with Gasteiger partial charge in [-0.15, -0.1) is 0 Å². The van der Waals surface area contributed by atoms with Crippen LogP contribution in [-0.2, 0) is 6.54 Å². The van der Waals surface area contributed by atoms with E-state index in [0.717, 1.165) is 12.1 Å². The second-order valence-electron chi connectivity index (χ2n) is 4.39. The number of nitro groups is 1. The minimum Gasteiger partial charge on any atom is -0.381 e. The van der Waals surface area contributed by atoms with Crippen LogP contribution in [-0.4, -0.2) is 4.92 Å². The number of nitrogens with one attached hydrogen (secondary N) is 1. The quantitative estimate of drug-likeness (QED) is 0.683. The van der Waals surface area contributed by atoms with Crippen LogP contribution in [0.2, 0.25) is 0 Å². The monoisotopic (exact) mass is 278 g/mol. The summed E-state index contributed by atoms with van der Waals surface area (Å²) in [7, 11) is 0. The summed E-state index contributed by atoms with van der Waals surface area (Å²) in [4.78, 5) is 9.96. The van der Waals surface area contributed by atoms with Gasteiger partial charge in [-0.05, 0) is 30.2 Å². The topological polar surface area (TPSA) is 55.2 Å². The molecule has 2 aromatic rings. The van der Waals surface area contributed by atoms with Crippen LogP contribution in [0.3, 0.4) is 0 Å². The Bertz CT molecular complexity index is 660. The Labute approximate surface area is 114 Å². The van der Waals surface area contributed by atoms with Gasteiger partial charge < -0.3 is 5.32 Å². The average Bonchev–Trinajstić information content (AvgIpc) is 2.39. The van der Waals surface area contributed by atoms with Crippen LogP contribution in [0.4, 0.5) is 20.2 Å². The average molecular weight is 278 g/mol. The number of halogens is 2. The number of anilines is 1. The fraction of sp³-hybridized carbons (Fsp3) is 0.143. The number of non-ortho nitro benzene ring substituents is 1. The first-order valence-electron chi connectivity index (χ1n) is 5.89. The van der Waals surface area contributed by atoms with Gasteiger partial charge in [-0.1, -0.05) is 12.1 Å². The summed E-state index contributed by atoms with van der Waals surface area (Å²) in [6.07, 6.45) is 0. The highest BCUT2D eigenvalue weighted by atomic mass is 19.1. The highest BCUT2D eigenvalue weighted by Crippen LogP contribution is 2.20. The standard InChI is InChI=1S/C14H12F2N2O2/c1-9-2-3-10(4-14(9)16)8-17-12-5-11(15)6-13(7-12)18(19)20/h2-7,17H,8H2,1H3. The Balaban J connectivity index is 2.14. The van der Waals surface area contributed by atoms with Crippen molar-refractivity contribution in [1.82, 2.24) is 0 Å². The van der Waals surface area contributed by atoms with E-state index in [4.69, 9.17) is 0 Å². The van der Waals surface area contributed by atoms with E-state index >= 15 is 0 Å². The fourth-order valence-electron chi connectivity index (χ4n) is 1.73. The van der Waals surface area contributed by atoms with E-state index in [1.807, 2.05) is 0 Å². The Hall–Kier alpha value is -2.50. The summed E-state index contributed by atoms with van der Waals surface area (Å²) in [5.74, 6) is -1.02. The van der Waals surface area contributed by atoms with Crippen molar-refractivity contribution in [1.29, 1.82) is 0 Å². The molecule has 0 radical (unpaired) electrons. The molecule has 0 aromatic heterocycles. The van der Waals surface area contributed by atoms with Crippen molar-refractivity contribution in [3.63, 3.8) is 0 Å². The number of rotatable bonds is 4. The lowest BCUT2D eigenvalue weighted by Crippen LogP contribution is -2.01. The molecular formula is C14H12F2N2O2. The normalized spacial score (nSPS) is 10.3. The van der Waals surface area contributed by atoms with Crippen LogP contribution in [0.25, 0.3) is 0 Å². The molecule has 0 amide bonds. The van der Waals surface area contributed by atoms with Crippen LogP contribution in [0.5, 0.6) is 0 Å². The molecular weight excluding hydrogens is 266 g/mol. The first kappa shape index (κ1) is 13.9. The van der Waals surface area contributed by atoms with Gasteiger partial charge in [0.2, 0.25) is 0 Å². The molecule has 20 heavy (non-hydrogen) atoms. The second kappa shape index (κ2) is 5.64. The summed E-state index contributed by atoms with van der Waals surface area (Å²) in [6, 6.07) is 7.97. The number of nitro benzene ring substituents is 1. The summed E-state index contributed by atoms with van der Waals surface area (Å²) in [5, 5.41) is 13.5. The van der Waals surface area contributed by atoms with Crippen LogP contribution < -0.4 is 5.32 Å². The molecule has 6 heteroatoms. The predicted octanol–water partition coefficient (Wildman–Crippen LogP) is 3.79. The van der Waals surface area contributed by atoms with Crippen LogP contribution in [0, 0.1) is 28.7 Å². The molecule has 0 unspecified atom stereocenters. The van der Waals surface area contributed by atoms with Gasteiger partial charge in [0, 0.05) is 18.3 Å². The highest BCUT2D eigenvalue weighted by molar-refractivity contribution is 5.51. The largest absolute Gasteiger partial charge is 0.381 e. The highest BCUT2D eigenvalue weighted by Gasteiger charge is 2.09. The van der Waals surface area contributed by atoms with E-state index < -0.39 is 10.7 Å². The minimum atomic E-state index is -0.697. The van der Waals surface area contributed by atoms with E-state index in [-0.39, 0.29) is 23.7 Å². The summed E-state index contributed by atoms with van der Waals surface area (Å²) in [6.45, 7) is 1.90. The summed E-state index contributed by atoms with van der Waals surface area (Å²) < 4.78 is 26.6. The molecule has 1 N–H and O–H groups in total. The maximum Gasteiger partial charge on any atom is 0.274 e. The fourth-order valence-corrected chi connectivity index (χ4v) is 1.73. The third-order valence-corrected chi connectivity index (χ3v) is 2.83. The number of hydrogen-bond acceptors (Lipinski definition) is 3. The third kappa shape index (κ3) is 3.28. The van der Waals surface area contributed by atoms with Gasteiger partial charge in [-0.25, -0.2) is 8.78 Å². The van der Waals surface area contributed by atoms with Crippen molar-refractivity contribution in [2.24, 2.45) is 0 Å². The molecule has 0 spiro atoms. The lowest BCUT2D eigenvalue weighted by atomic mass is 10.1. The molecule has 0 saturated heterocycles. The summed E-state index contributed by atoms with van der Waals surface area (Å²) in [5.41, 5.74) is 1.15. The zero-order valence-corrected chi connectivity index (χ0v) is 10.7. The van der Waals surface area contributed by atoms with Crippen LogP contribution in [0.1, 0.15) is 11.1 Å². The van der Waals surface area contributed by atoms with Crippen molar-refractivity contribution in [3.8, 4) is 0 Å². The maximum absolute atomic E-state index is 13.4. The van der Waals surface area contributed by atoms with Crippen molar-refractivity contribution in [2.75, 3.05) is 5.32 Å². The van der Waals surface area contributed by atoms with Crippen LogP contribution in [0.15, 0.2) is 36.4 Å². The van der Waals surface area contributed by atoms with Crippen molar-refractivity contribution < 1.29 is 13.7 Å². The molecule has 4 nitrogen and oxygen atoms in total. The van der Waals surface area contributed by atoms with Crippen molar-refractivity contribution in [2.45, 2.75) is 13.5 Å². The number of benzene rings is 2. The Morgan fingerprint density at radius 2 is 1.95 bits per heavy atom. The smallest absolute Gasteiger partial charge is 0.274 e. The SMILES string of the molecule is Cc1ccc(CNc2cc(F)cc([N+](=O)[O-])c2)cc1F. The van der Waals surface area contributed by atoms with Gasteiger partial charge in [-0.2, -0.15) is 0 Å². The van der Waals surface area contributed by atoms with Gasteiger partial charge in [0.15, 0.2) is 0 Å². The number of nitrogens with zero attached hydrogens (tertiary/aromatic N) is 1. The lowest BCUT2D eigenvalue weighted by molar-refractivity contribution is -0.385. The third-order valence-electron chi connectivity index (χ3n) is 2.83. The molecule has 104 valence electrons. The molecule has 2 aromatic carbocycles. The first-order chi connectivity index (χ1) is 9.45. The van der Waals surface area contributed by atoms with E-state index in [1.165, 1.54) is 12.1 Å². The second-order valence-corrected chi connectivity index (χ2v) is 4.39. The van der Waals surface area contributed by atoms with E-state index in [0.29, 0.717) is 11.1 Å². The number of hydrogen-bond donors (Lipinski definition) is 1. The van der Waals surface area contributed by atoms with E-state index in [2.05, 4.69) is 5.32 Å². The molecule has 0 fully saturated rings.